The third-order valence-corrected chi connectivity index (χ3v) is 5.63. The lowest BCUT2D eigenvalue weighted by molar-refractivity contribution is -0.380. The molecule has 7 nitrogen and oxygen atoms in total. The predicted molar refractivity (Wildman–Crippen MR) is 84.6 cm³/mol. The molecule has 1 aromatic rings. The number of likely N-dealkylation sites (tertiary alicyclic amines) is 1. The van der Waals surface area contributed by atoms with Crippen molar-refractivity contribution in [2.45, 2.75) is 57.3 Å². The summed E-state index contributed by atoms with van der Waals surface area (Å²) < 4.78 is 5.77. The van der Waals surface area contributed by atoms with Crippen LogP contribution < -0.4 is 4.74 Å². The van der Waals surface area contributed by atoms with E-state index in [9.17, 15) is 20.0 Å². The SMILES string of the molecule is CC1(C)Oc2cc([N+](=O)[O-])sc2[C@H](N2CCCCCC2=O)[C@H]1O. The van der Waals surface area contributed by atoms with Crippen molar-refractivity contribution in [1.29, 1.82) is 0 Å². The number of hydrogen-bond acceptors (Lipinski definition) is 6. The average Bonchev–Trinajstić information content (AvgIpc) is 2.76. The molecule has 0 saturated carbocycles. The molecule has 0 spiro atoms. The highest BCUT2D eigenvalue weighted by atomic mass is 32.1. The molecular formula is C15H20N2O5S. The summed E-state index contributed by atoms with van der Waals surface area (Å²) in [5.41, 5.74) is -0.917. The van der Waals surface area contributed by atoms with Crippen molar-refractivity contribution >= 4 is 22.2 Å². The van der Waals surface area contributed by atoms with Crippen molar-refractivity contribution in [3.05, 3.63) is 21.1 Å². The Bertz CT molecular complexity index is 642. The first-order valence-corrected chi connectivity index (χ1v) is 8.57. The van der Waals surface area contributed by atoms with Crippen molar-refractivity contribution in [3.63, 3.8) is 0 Å². The first kappa shape index (κ1) is 16.2. The number of nitro groups is 1. The molecule has 3 heterocycles. The van der Waals surface area contributed by atoms with E-state index in [2.05, 4.69) is 0 Å². The Balaban J connectivity index is 2.06. The van der Waals surface area contributed by atoms with E-state index in [0.29, 0.717) is 23.6 Å². The van der Waals surface area contributed by atoms with Crippen molar-refractivity contribution in [2.24, 2.45) is 0 Å². The fourth-order valence-corrected chi connectivity index (χ4v) is 4.27. The van der Waals surface area contributed by atoms with Crippen LogP contribution in [0.1, 0.15) is 50.4 Å². The smallest absolute Gasteiger partial charge is 0.328 e. The van der Waals surface area contributed by atoms with E-state index in [1.165, 1.54) is 6.07 Å². The van der Waals surface area contributed by atoms with Gasteiger partial charge >= 0.3 is 5.00 Å². The van der Waals surface area contributed by atoms with Crippen LogP contribution in [0.2, 0.25) is 0 Å². The molecule has 8 heteroatoms. The lowest BCUT2D eigenvalue weighted by atomic mass is 9.89. The van der Waals surface area contributed by atoms with E-state index in [1.54, 1.807) is 18.7 Å². The van der Waals surface area contributed by atoms with Crippen LogP contribution >= 0.6 is 11.3 Å². The summed E-state index contributed by atoms with van der Waals surface area (Å²) in [5.74, 6) is 0.394. The van der Waals surface area contributed by atoms with Crippen LogP contribution in [0.25, 0.3) is 0 Å². The molecule has 1 amide bonds. The number of aliphatic hydroxyl groups is 1. The number of carbonyl (C=O) groups excluding carboxylic acids is 1. The first-order valence-electron chi connectivity index (χ1n) is 7.76. The van der Waals surface area contributed by atoms with Crippen molar-refractivity contribution in [2.75, 3.05) is 6.54 Å². The van der Waals surface area contributed by atoms with E-state index in [0.717, 1.165) is 30.6 Å². The fourth-order valence-electron chi connectivity index (χ4n) is 3.23. The van der Waals surface area contributed by atoms with E-state index in [1.807, 2.05) is 0 Å². The van der Waals surface area contributed by atoms with Gasteiger partial charge in [-0.05, 0) is 26.7 Å². The summed E-state index contributed by atoms with van der Waals surface area (Å²) >= 11 is 0.981. The number of hydrogen-bond donors (Lipinski definition) is 1. The molecule has 3 rings (SSSR count). The molecule has 1 N–H and O–H groups in total. The Hall–Kier alpha value is -1.67. The average molecular weight is 340 g/mol. The zero-order valence-corrected chi connectivity index (χ0v) is 14.0. The maximum Gasteiger partial charge on any atom is 0.328 e. The van der Waals surface area contributed by atoms with Crippen LogP contribution in [0, 0.1) is 10.1 Å². The topological polar surface area (TPSA) is 92.9 Å². The Kier molecular flexibility index (Phi) is 4.05. The summed E-state index contributed by atoms with van der Waals surface area (Å²) in [6, 6.07) is 0.807. The quantitative estimate of drug-likeness (QED) is 0.660. The second kappa shape index (κ2) is 5.76. The maximum absolute atomic E-state index is 12.5. The highest BCUT2D eigenvalue weighted by Crippen LogP contribution is 2.49. The van der Waals surface area contributed by atoms with Gasteiger partial charge in [0.2, 0.25) is 5.91 Å². The lowest BCUT2D eigenvalue weighted by Gasteiger charge is -2.44. The molecule has 0 unspecified atom stereocenters. The standard InChI is InChI=1S/C15H20N2O5S/c1-15(2)14(19)12(16-7-5-3-4-6-10(16)18)13-9(22-15)8-11(23-13)17(20)21/h8,12,14,19H,3-7H2,1-2H3/t12-,14+/m0/s1. The van der Waals surface area contributed by atoms with Crippen molar-refractivity contribution in [1.82, 2.24) is 4.90 Å². The maximum atomic E-state index is 12.5. The molecule has 0 aromatic carbocycles. The number of carbonyl (C=O) groups is 1. The van der Waals surface area contributed by atoms with E-state index in [-0.39, 0.29) is 10.9 Å². The van der Waals surface area contributed by atoms with Crippen LogP contribution in [0.3, 0.4) is 0 Å². The minimum Gasteiger partial charge on any atom is -0.484 e. The summed E-state index contributed by atoms with van der Waals surface area (Å²) in [7, 11) is 0. The van der Waals surface area contributed by atoms with Crippen LogP contribution in [-0.2, 0) is 4.79 Å². The van der Waals surface area contributed by atoms with E-state index in [4.69, 9.17) is 4.74 Å². The molecule has 0 bridgehead atoms. The molecule has 1 aromatic heterocycles. The van der Waals surface area contributed by atoms with Gasteiger partial charge in [0, 0.05) is 13.0 Å². The molecule has 2 aliphatic rings. The molecule has 2 atom stereocenters. The number of nitrogens with zero attached hydrogens (tertiary/aromatic N) is 2. The van der Waals surface area contributed by atoms with Crippen LogP contribution in [-0.4, -0.2) is 39.1 Å². The van der Waals surface area contributed by atoms with Gasteiger partial charge in [0.25, 0.3) is 0 Å². The number of amides is 1. The van der Waals surface area contributed by atoms with Gasteiger partial charge in [-0.2, -0.15) is 0 Å². The third-order valence-electron chi connectivity index (χ3n) is 4.49. The number of ether oxygens (including phenoxy) is 1. The zero-order valence-electron chi connectivity index (χ0n) is 13.2. The fraction of sp³-hybridized carbons (Fsp3) is 0.667. The minimum atomic E-state index is -0.935. The van der Waals surface area contributed by atoms with Gasteiger partial charge in [0.1, 0.15) is 17.5 Å². The Morgan fingerprint density at radius 2 is 2.17 bits per heavy atom. The van der Waals surface area contributed by atoms with Gasteiger partial charge in [0.15, 0.2) is 0 Å². The molecule has 23 heavy (non-hydrogen) atoms. The molecule has 1 saturated heterocycles. The van der Waals surface area contributed by atoms with Crippen molar-refractivity contribution in [3.8, 4) is 5.75 Å². The molecule has 1 fully saturated rings. The Morgan fingerprint density at radius 1 is 1.43 bits per heavy atom. The summed E-state index contributed by atoms with van der Waals surface area (Å²) in [6.45, 7) is 4.03. The molecule has 0 aliphatic carbocycles. The number of rotatable bonds is 2. The number of fused-ring (bicyclic) bond motifs is 1. The normalized spacial score (nSPS) is 27.1. The van der Waals surface area contributed by atoms with Crippen LogP contribution in [0.4, 0.5) is 5.00 Å². The predicted octanol–water partition coefficient (Wildman–Crippen LogP) is 2.63. The monoisotopic (exact) mass is 340 g/mol. The third kappa shape index (κ3) is 2.81. The Labute approximate surface area is 138 Å². The van der Waals surface area contributed by atoms with Gasteiger partial charge in [-0.15, -0.1) is 0 Å². The first-order chi connectivity index (χ1) is 10.8. The van der Waals surface area contributed by atoms with Gasteiger partial charge in [-0.3, -0.25) is 14.9 Å². The van der Waals surface area contributed by atoms with Gasteiger partial charge in [-0.1, -0.05) is 17.8 Å². The molecular weight excluding hydrogens is 320 g/mol. The Morgan fingerprint density at radius 3 is 2.87 bits per heavy atom. The summed E-state index contributed by atoms with van der Waals surface area (Å²) in [5, 5.41) is 21.8. The van der Waals surface area contributed by atoms with E-state index >= 15 is 0 Å². The highest BCUT2D eigenvalue weighted by Gasteiger charge is 2.48. The largest absolute Gasteiger partial charge is 0.484 e. The number of aliphatic hydroxyl groups excluding tert-OH is 1. The second-order valence-corrected chi connectivity index (χ2v) is 7.63. The molecule has 126 valence electrons. The van der Waals surface area contributed by atoms with Gasteiger partial charge in [-0.25, -0.2) is 0 Å². The van der Waals surface area contributed by atoms with Crippen LogP contribution in [0.5, 0.6) is 5.75 Å². The van der Waals surface area contributed by atoms with Crippen molar-refractivity contribution < 1.29 is 19.6 Å². The van der Waals surface area contributed by atoms with Gasteiger partial charge < -0.3 is 14.7 Å². The van der Waals surface area contributed by atoms with E-state index < -0.39 is 22.7 Å². The molecule has 0 radical (unpaired) electrons. The lowest BCUT2D eigenvalue weighted by Crippen LogP contribution is -2.54. The van der Waals surface area contributed by atoms with Gasteiger partial charge in [0.05, 0.1) is 21.9 Å². The summed E-state index contributed by atoms with van der Waals surface area (Å²) in [6.07, 6.45) is 2.21. The highest BCUT2D eigenvalue weighted by molar-refractivity contribution is 7.15. The zero-order chi connectivity index (χ0) is 16.8. The molecule has 2 aliphatic heterocycles. The second-order valence-electron chi connectivity index (χ2n) is 6.56. The van der Waals surface area contributed by atoms with Crippen LogP contribution in [0.15, 0.2) is 6.07 Å². The summed E-state index contributed by atoms with van der Waals surface area (Å²) in [4.78, 5) is 25.3. The minimum absolute atomic E-state index is 0.00810. The number of thiophene rings is 1.